The smallest absolute Gasteiger partial charge is 0.478 e. The Morgan fingerprint density at radius 1 is 1.46 bits per heavy atom. The van der Waals surface area contributed by atoms with Crippen molar-refractivity contribution in [3.05, 3.63) is 18.2 Å². The van der Waals surface area contributed by atoms with Crippen LogP contribution in [0.3, 0.4) is 0 Å². The maximum Gasteiger partial charge on any atom is 0.508 e. The summed E-state index contributed by atoms with van der Waals surface area (Å²) in [6.45, 7) is 2.57. The van der Waals surface area contributed by atoms with E-state index in [1.165, 1.54) is 6.07 Å². The van der Waals surface area contributed by atoms with E-state index >= 15 is 0 Å². The quantitative estimate of drug-likeness (QED) is 0.617. The molecular formula is C8H12BNO3. The van der Waals surface area contributed by atoms with Crippen molar-refractivity contribution in [2.45, 2.75) is 13.3 Å². The average molecular weight is 181 g/mol. The van der Waals surface area contributed by atoms with E-state index in [1.54, 1.807) is 12.1 Å². The number of nitrogens with zero attached hydrogens (tertiary/aromatic N) is 1. The first-order valence-corrected chi connectivity index (χ1v) is 4.20. The molecule has 0 saturated carbocycles. The molecule has 5 heteroatoms. The van der Waals surface area contributed by atoms with Crippen LogP contribution in [0.25, 0.3) is 0 Å². The zero-order valence-electron chi connectivity index (χ0n) is 7.47. The molecule has 4 nitrogen and oxygen atoms in total. The van der Waals surface area contributed by atoms with Crippen molar-refractivity contribution < 1.29 is 14.8 Å². The van der Waals surface area contributed by atoms with E-state index in [4.69, 9.17) is 14.8 Å². The fourth-order valence-electron chi connectivity index (χ4n) is 0.862. The summed E-state index contributed by atoms with van der Waals surface area (Å²) in [5, 5.41) is 17.6. The summed E-state index contributed by atoms with van der Waals surface area (Å²) in [6, 6.07) is 4.89. The van der Waals surface area contributed by atoms with E-state index in [0.717, 1.165) is 6.42 Å². The lowest BCUT2D eigenvalue weighted by Crippen LogP contribution is -2.32. The van der Waals surface area contributed by atoms with Gasteiger partial charge in [-0.3, -0.25) is 0 Å². The Hall–Kier alpha value is -1.07. The minimum Gasteiger partial charge on any atom is -0.478 e. The highest BCUT2D eigenvalue weighted by Crippen LogP contribution is 2.02. The van der Waals surface area contributed by atoms with Crippen LogP contribution in [0.15, 0.2) is 18.2 Å². The molecule has 0 aliphatic rings. The molecule has 0 aromatic carbocycles. The van der Waals surface area contributed by atoms with Gasteiger partial charge in [-0.25, -0.2) is 4.98 Å². The molecule has 1 aromatic heterocycles. The first-order chi connectivity index (χ1) is 6.24. The van der Waals surface area contributed by atoms with Gasteiger partial charge in [0, 0.05) is 6.07 Å². The Morgan fingerprint density at radius 3 is 2.85 bits per heavy atom. The van der Waals surface area contributed by atoms with Gasteiger partial charge in [0.25, 0.3) is 0 Å². The Kier molecular flexibility index (Phi) is 3.73. The summed E-state index contributed by atoms with van der Waals surface area (Å²) in [7, 11) is -1.54. The third-order valence-electron chi connectivity index (χ3n) is 1.46. The number of ether oxygens (including phenoxy) is 1. The second-order valence-corrected chi connectivity index (χ2v) is 2.62. The lowest BCUT2D eigenvalue weighted by Gasteiger charge is -2.04. The molecular weight excluding hydrogens is 169 g/mol. The molecule has 0 unspecified atom stereocenters. The lowest BCUT2D eigenvalue weighted by molar-refractivity contribution is 0.305. The van der Waals surface area contributed by atoms with Gasteiger partial charge in [-0.2, -0.15) is 0 Å². The highest BCUT2D eigenvalue weighted by atomic mass is 16.5. The first kappa shape index (κ1) is 10.0. The lowest BCUT2D eigenvalue weighted by atomic mass is 9.86. The molecule has 0 aliphatic heterocycles. The standard InChI is InChI=1S/C8H12BNO3/c1-2-6-13-8-5-3-4-7(10-8)9(11)12/h3-5,11-12H,2,6H2,1H3. The summed E-state index contributed by atoms with van der Waals surface area (Å²) < 4.78 is 5.21. The molecule has 0 radical (unpaired) electrons. The van der Waals surface area contributed by atoms with E-state index in [-0.39, 0.29) is 5.59 Å². The van der Waals surface area contributed by atoms with E-state index in [2.05, 4.69) is 4.98 Å². The third kappa shape index (κ3) is 3.04. The topological polar surface area (TPSA) is 62.6 Å². The van der Waals surface area contributed by atoms with Crippen molar-refractivity contribution in [3.8, 4) is 5.88 Å². The van der Waals surface area contributed by atoms with Gasteiger partial charge in [-0.15, -0.1) is 0 Å². The Bertz CT molecular complexity index is 267. The second kappa shape index (κ2) is 4.84. The predicted octanol–water partition coefficient (Wildman–Crippen LogP) is -0.450. The third-order valence-corrected chi connectivity index (χ3v) is 1.46. The molecule has 0 fully saturated rings. The summed E-state index contributed by atoms with van der Waals surface area (Å²) in [5.41, 5.74) is 0.202. The Morgan fingerprint density at radius 2 is 2.23 bits per heavy atom. The van der Waals surface area contributed by atoms with Crippen LogP contribution in [0, 0.1) is 0 Å². The molecule has 0 aliphatic carbocycles. The van der Waals surface area contributed by atoms with E-state index in [0.29, 0.717) is 12.5 Å². The summed E-state index contributed by atoms with van der Waals surface area (Å²) in [4.78, 5) is 3.89. The second-order valence-electron chi connectivity index (χ2n) is 2.62. The van der Waals surface area contributed by atoms with Crippen LogP contribution in [-0.4, -0.2) is 28.8 Å². The van der Waals surface area contributed by atoms with Crippen molar-refractivity contribution in [2.75, 3.05) is 6.61 Å². The minimum atomic E-state index is -1.54. The highest BCUT2D eigenvalue weighted by molar-refractivity contribution is 6.57. The van der Waals surface area contributed by atoms with Crippen LogP contribution < -0.4 is 10.3 Å². The van der Waals surface area contributed by atoms with Crippen molar-refractivity contribution in [1.82, 2.24) is 4.98 Å². The van der Waals surface area contributed by atoms with Gasteiger partial charge >= 0.3 is 7.12 Å². The number of aromatic nitrogens is 1. The summed E-state index contributed by atoms with van der Waals surface area (Å²) in [5.74, 6) is 0.424. The van der Waals surface area contributed by atoms with Gasteiger partial charge in [0.1, 0.15) is 0 Å². The molecule has 70 valence electrons. The highest BCUT2D eigenvalue weighted by Gasteiger charge is 2.12. The van der Waals surface area contributed by atoms with Gasteiger partial charge in [-0.1, -0.05) is 13.0 Å². The number of rotatable bonds is 4. The molecule has 0 atom stereocenters. The fraction of sp³-hybridized carbons (Fsp3) is 0.375. The Balaban J connectivity index is 2.68. The first-order valence-electron chi connectivity index (χ1n) is 4.20. The SMILES string of the molecule is CCCOc1cccc(B(O)O)n1. The molecule has 13 heavy (non-hydrogen) atoms. The van der Waals surface area contributed by atoms with E-state index in [9.17, 15) is 0 Å². The van der Waals surface area contributed by atoms with Crippen LogP contribution in [-0.2, 0) is 0 Å². The molecule has 0 saturated heterocycles. The van der Waals surface area contributed by atoms with Crippen molar-refractivity contribution >= 4 is 12.7 Å². The van der Waals surface area contributed by atoms with Crippen molar-refractivity contribution in [1.29, 1.82) is 0 Å². The predicted molar refractivity (Wildman–Crippen MR) is 49.8 cm³/mol. The van der Waals surface area contributed by atoms with Crippen LogP contribution in [0.1, 0.15) is 13.3 Å². The molecule has 2 N–H and O–H groups in total. The summed E-state index contributed by atoms with van der Waals surface area (Å²) in [6.07, 6.45) is 0.896. The van der Waals surface area contributed by atoms with Gasteiger partial charge < -0.3 is 14.8 Å². The van der Waals surface area contributed by atoms with Crippen molar-refractivity contribution in [3.63, 3.8) is 0 Å². The number of hydrogen-bond acceptors (Lipinski definition) is 4. The maximum absolute atomic E-state index is 8.81. The molecule has 0 spiro atoms. The van der Waals surface area contributed by atoms with Crippen LogP contribution in [0.2, 0.25) is 0 Å². The van der Waals surface area contributed by atoms with Crippen LogP contribution in [0.5, 0.6) is 5.88 Å². The van der Waals surface area contributed by atoms with Gasteiger partial charge in [0.15, 0.2) is 0 Å². The average Bonchev–Trinajstić information content (AvgIpc) is 2.15. The molecule has 1 aromatic rings. The van der Waals surface area contributed by atoms with Crippen molar-refractivity contribution in [2.24, 2.45) is 0 Å². The summed E-state index contributed by atoms with van der Waals surface area (Å²) >= 11 is 0. The monoisotopic (exact) mass is 181 g/mol. The number of hydrogen-bond donors (Lipinski definition) is 2. The van der Waals surface area contributed by atoms with Gasteiger partial charge in [0.05, 0.1) is 12.2 Å². The van der Waals surface area contributed by atoms with Crippen LogP contribution in [0.4, 0.5) is 0 Å². The number of pyridine rings is 1. The largest absolute Gasteiger partial charge is 0.508 e. The molecule has 0 bridgehead atoms. The Labute approximate surface area is 77.3 Å². The zero-order valence-corrected chi connectivity index (χ0v) is 7.47. The van der Waals surface area contributed by atoms with E-state index < -0.39 is 7.12 Å². The molecule has 0 amide bonds. The molecule has 1 heterocycles. The zero-order chi connectivity index (χ0) is 9.68. The maximum atomic E-state index is 8.81. The van der Waals surface area contributed by atoms with Gasteiger partial charge in [0.2, 0.25) is 5.88 Å². The van der Waals surface area contributed by atoms with E-state index in [1.807, 2.05) is 6.92 Å². The molecule has 1 rings (SSSR count). The fourth-order valence-corrected chi connectivity index (χ4v) is 0.862. The van der Waals surface area contributed by atoms with Crippen LogP contribution >= 0.6 is 0 Å². The minimum absolute atomic E-state index is 0.202. The normalized spacial score (nSPS) is 9.77. The van der Waals surface area contributed by atoms with Gasteiger partial charge in [-0.05, 0) is 12.5 Å².